The Morgan fingerprint density at radius 1 is 1.67 bits per heavy atom. The molecule has 1 heterocycles. The summed E-state index contributed by atoms with van der Waals surface area (Å²) in [6.45, 7) is 3.36. The Kier molecular flexibility index (Phi) is 5.31. The molecule has 0 saturated carbocycles. The molecule has 0 aromatic carbocycles. The Morgan fingerprint density at radius 3 is 3.00 bits per heavy atom. The van der Waals surface area contributed by atoms with E-state index in [-0.39, 0.29) is 6.04 Å². The number of aryl methyl sites for hydroxylation is 2. The highest BCUT2D eigenvalue weighted by molar-refractivity contribution is 5.00. The molecule has 0 saturated heterocycles. The lowest BCUT2D eigenvalue weighted by Gasteiger charge is -2.15. The van der Waals surface area contributed by atoms with Gasteiger partial charge >= 0.3 is 0 Å². The van der Waals surface area contributed by atoms with Gasteiger partial charge in [0.25, 0.3) is 0 Å². The highest BCUT2D eigenvalue weighted by Gasteiger charge is 2.07. The number of nitrogens with two attached hydrogens (primary N) is 1. The molecule has 0 aliphatic rings. The van der Waals surface area contributed by atoms with Crippen LogP contribution in [-0.2, 0) is 18.2 Å². The van der Waals surface area contributed by atoms with Crippen LogP contribution in [0.2, 0.25) is 0 Å². The fourth-order valence-corrected chi connectivity index (χ4v) is 1.44. The van der Waals surface area contributed by atoms with Gasteiger partial charge in [0.05, 0.1) is 6.61 Å². The number of hydrogen-bond donors (Lipinski definition) is 2. The molecule has 5 heteroatoms. The van der Waals surface area contributed by atoms with Crippen LogP contribution in [0.15, 0.2) is 12.3 Å². The van der Waals surface area contributed by atoms with E-state index in [4.69, 9.17) is 10.6 Å². The van der Waals surface area contributed by atoms with Gasteiger partial charge in [-0.25, -0.2) is 0 Å². The SMILES string of the molecule is CCOCC(CCc1ccnn1C)NN. The predicted molar refractivity (Wildman–Crippen MR) is 59.1 cm³/mol. The molecule has 3 N–H and O–H groups in total. The first-order valence-electron chi connectivity index (χ1n) is 5.28. The minimum atomic E-state index is 0.208. The van der Waals surface area contributed by atoms with E-state index in [0.29, 0.717) is 6.61 Å². The van der Waals surface area contributed by atoms with Crippen LogP contribution in [0.5, 0.6) is 0 Å². The molecular formula is C10H20N4O. The third kappa shape index (κ3) is 3.99. The predicted octanol–water partition coefficient (Wildman–Crippen LogP) is 0.221. The summed E-state index contributed by atoms with van der Waals surface area (Å²) in [7, 11) is 1.95. The minimum Gasteiger partial charge on any atom is -0.380 e. The molecule has 1 aromatic heterocycles. The highest BCUT2D eigenvalue weighted by atomic mass is 16.5. The first-order valence-corrected chi connectivity index (χ1v) is 5.28. The number of rotatable bonds is 7. The van der Waals surface area contributed by atoms with Crippen molar-refractivity contribution in [3.05, 3.63) is 18.0 Å². The Balaban J connectivity index is 2.31. The Labute approximate surface area is 90.6 Å². The highest BCUT2D eigenvalue weighted by Crippen LogP contribution is 2.03. The van der Waals surface area contributed by atoms with E-state index in [1.807, 2.05) is 30.9 Å². The average molecular weight is 212 g/mol. The van der Waals surface area contributed by atoms with Crippen molar-refractivity contribution in [3.63, 3.8) is 0 Å². The molecule has 0 aliphatic heterocycles. The third-order valence-electron chi connectivity index (χ3n) is 2.43. The first kappa shape index (κ1) is 12.2. The summed E-state index contributed by atoms with van der Waals surface area (Å²) < 4.78 is 7.20. The molecular weight excluding hydrogens is 192 g/mol. The fraction of sp³-hybridized carbons (Fsp3) is 0.700. The maximum atomic E-state index is 5.44. The quantitative estimate of drug-likeness (QED) is 0.501. The summed E-state index contributed by atoms with van der Waals surface area (Å²) in [5.41, 5.74) is 3.98. The van der Waals surface area contributed by atoms with Crippen molar-refractivity contribution in [2.75, 3.05) is 13.2 Å². The van der Waals surface area contributed by atoms with Crippen molar-refractivity contribution < 1.29 is 4.74 Å². The van der Waals surface area contributed by atoms with E-state index in [1.54, 1.807) is 0 Å². The Morgan fingerprint density at radius 2 is 2.47 bits per heavy atom. The van der Waals surface area contributed by atoms with Crippen LogP contribution >= 0.6 is 0 Å². The van der Waals surface area contributed by atoms with Crippen LogP contribution in [0.4, 0.5) is 0 Å². The number of ether oxygens (including phenoxy) is 1. The summed E-state index contributed by atoms with van der Waals surface area (Å²) in [4.78, 5) is 0. The summed E-state index contributed by atoms with van der Waals surface area (Å²) in [5.74, 6) is 5.44. The topological polar surface area (TPSA) is 65.1 Å². The number of nitrogens with zero attached hydrogens (tertiary/aromatic N) is 2. The van der Waals surface area contributed by atoms with Crippen molar-refractivity contribution in [1.29, 1.82) is 0 Å². The lowest BCUT2D eigenvalue weighted by molar-refractivity contribution is 0.120. The lowest BCUT2D eigenvalue weighted by atomic mass is 10.1. The number of hydrazine groups is 1. The molecule has 1 rings (SSSR count). The molecule has 0 bridgehead atoms. The molecule has 1 atom stereocenters. The molecule has 15 heavy (non-hydrogen) atoms. The van der Waals surface area contributed by atoms with Gasteiger partial charge in [0.15, 0.2) is 0 Å². The minimum absolute atomic E-state index is 0.208. The molecule has 0 aliphatic carbocycles. The van der Waals surface area contributed by atoms with E-state index >= 15 is 0 Å². The number of aromatic nitrogens is 2. The molecule has 0 fully saturated rings. The van der Waals surface area contributed by atoms with Gasteiger partial charge in [-0.05, 0) is 25.8 Å². The largest absolute Gasteiger partial charge is 0.380 e. The van der Waals surface area contributed by atoms with Gasteiger partial charge < -0.3 is 4.74 Å². The maximum Gasteiger partial charge on any atom is 0.0633 e. The summed E-state index contributed by atoms with van der Waals surface area (Å²) >= 11 is 0. The molecule has 5 nitrogen and oxygen atoms in total. The molecule has 0 radical (unpaired) electrons. The lowest BCUT2D eigenvalue weighted by Crippen LogP contribution is -2.39. The number of hydrogen-bond acceptors (Lipinski definition) is 4. The van der Waals surface area contributed by atoms with Crippen LogP contribution in [0, 0.1) is 0 Å². The number of nitrogens with one attached hydrogen (secondary N) is 1. The van der Waals surface area contributed by atoms with Gasteiger partial charge in [-0.3, -0.25) is 16.0 Å². The third-order valence-corrected chi connectivity index (χ3v) is 2.43. The van der Waals surface area contributed by atoms with E-state index in [2.05, 4.69) is 10.5 Å². The van der Waals surface area contributed by atoms with E-state index in [9.17, 15) is 0 Å². The summed E-state index contributed by atoms with van der Waals surface area (Å²) in [5, 5.41) is 4.12. The molecule has 1 unspecified atom stereocenters. The van der Waals surface area contributed by atoms with Gasteiger partial charge in [0.2, 0.25) is 0 Å². The maximum absolute atomic E-state index is 5.44. The molecule has 1 aromatic rings. The van der Waals surface area contributed by atoms with Gasteiger partial charge in [-0.2, -0.15) is 5.10 Å². The van der Waals surface area contributed by atoms with E-state index in [1.165, 1.54) is 5.69 Å². The van der Waals surface area contributed by atoms with Crippen LogP contribution in [0.3, 0.4) is 0 Å². The molecule has 86 valence electrons. The van der Waals surface area contributed by atoms with Crippen molar-refractivity contribution in [3.8, 4) is 0 Å². The van der Waals surface area contributed by atoms with Crippen LogP contribution < -0.4 is 11.3 Å². The zero-order valence-corrected chi connectivity index (χ0v) is 9.44. The second kappa shape index (κ2) is 6.55. The molecule has 0 spiro atoms. The van der Waals surface area contributed by atoms with Gasteiger partial charge in [-0.15, -0.1) is 0 Å². The Bertz CT molecular complexity index is 274. The molecule has 0 amide bonds. The standard InChI is InChI=1S/C10H20N4O/c1-3-15-8-9(13-11)4-5-10-6-7-12-14(10)2/h6-7,9,13H,3-5,8,11H2,1-2H3. The van der Waals surface area contributed by atoms with Gasteiger partial charge in [-0.1, -0.05) is 0 Å². The zero-order chi connectivity index (χ0) is 11.1. The zero-order valence-electron chi connectivity index (χ0n) is 9.44. The van der Waals surface area contributed by atoms with Crippen molar-refractivity contribution >= 4 is 0 Å². The van der Waals surface area contributed by atoms with Crippen molar-refractivity contribution in [2.24, 2.45) is 12.9 Å². The second-order valence-corrected chi connectivity index (χ2v) is 3.51. The fourth-order valence-electron chi connectivity index (χ4n) is 1.44. The van der Waals surface area contributed by atoms with E-state index in [0.717, 1.165) is 19.4 Å². The monoisotopic (exact) mass is 212 g/mol. The van der Waals surface area contributed by atoms with E-state index < -0.39 is 0 Å². The van der Waals surface area contributed by atoms with Crippen molar-refractivity contribution in [2.45, 2.75) is 25.8 Å². The summed E-state index contributed by atoms with van der Waals surface area (Å²) in [6, 6.07) is 2.23. The summed E-state index contributed by atoms with van der Waals surface area (Å²) in [6.07, 6.45) is 3.72. The van der Waals surface area contributed by atoms with Gasteiger partial charge in [0.1, 0.15) is 0 Å². The average Bonchev–Trinajstić information content (AvgIpc) is 2.65. The normalized spacial score (nSPS) is 13.0. The van der Waals surface area contributed by atoms with Crippen LogP contribution in [0.1, 0.15) is 19.0 Å². The van der Waals surface area contributed by atoms with Crippen LogP contribution in [0.25, 0.3) is 0 Å². The Hall–Kier alpha value is -0.910. The smallest absolute Gasteiger partial charge is 0.0633 e. The van der Waals surface area contributed by atoms with Gasteiger partial charge in [0, 0.05) is 31.6 Å². The van der Waals surface area contributed by atoms with Crippen LogP contribution in [-0.4, -0.2) is 29.0 Å². The second-order valence-electron chi connectivity index (χ2n) is 3.51. The first-order chi connectivity index (χ1) is 7.27. The van der Waals surface area contributed by atoms with Crippen molar-refractivity contribution in [1.82, 2.24) is 15.2 Å².